The van der Waals surface area contributed by atoms with Gasteiger partial charge in [0.2, 0.25) is 7.37 Å². The number of ether oxygens (including phenoxy) is 1. The summed E-state index contributed by atoms with van der Waals surface area (Å²) in [5.41, 5.74) is 0. The fourth-order valence-corrected chi connectivity index (χ4v) is 1.17. The van der Waals surface area contributed by atoms with E-state index in [0.717, 1.165) is 6.08 Å². The van der Waals surface area contributed by atoms with Crippen molar-refractivity contribution in [2.75, 3.05) is 19.9 Å². The second-order valence-corrected chi connectivity index (χ2v) is 5.52. The smallest absolute Gasteiger partial charge is 0.330 e. The van der Waals surface area contributed by atoms with Crippen molar-refractivity contribution < 1.29 is 23.4 Å². The van der Waals surface area contributed by atoms with Crippen molar-refractivity contribution in [3.63, 3.8) is 0 Å². The third kappa shape index (κ3) is 7.55. The molecule has 0 rings (SSSR count). The first-order valence-electron chi connectivity index (χ1n) is 3.92. The first-order chi connectivity index (χ1) is 6.35. The first-order valence-corrected chi connectivity index (χ1v) is 6.43. The number of hydrogen-bond donors (Lipinski definition) is 0. The molecule has 0 aromatic carbocycles. The SMILES string of the molecule is C=CC(=O)OCCC(=O)OP(C)(C)=O. The fourth-order valence-electron chi connectivity index (χ4n) is 0.585. The topological polar surface area (TPSA) is 69.7 Å². The lowest BCUT2D eigenvalue weighted by atomic mass is 10.5. The summed E-state index contributed by atoms with van der Waals surface area (Å²) in [6.45, 7) is 5.76. The molecule has 0 heterocycles. The van der Waals surface area contributed by atoms with Crippen LogP contribution >= 0.6 is 7.37 Å². The Hall–Kier alpha value is -1.09. The van der Waals surface area contributed by atoms with Crippen LogP contribution in [0.1, 0.15) is 6.42 Å². The summed E-state index contributed by atoms with van der Waals surface area (Å²) in [5, 5.41) is 0. The summed E-state index contributed by atoms with van der Waals surface area (Å²) in [4.78, 5) is 21.4. The van der Waals surface area contributed by atoms with E-state index >= 15 is 0 Å². The minimum atomic E-state index is -2.80. The highest BCUT2D eigenvalue weighted by Gasteiger charge is 2.13. The standard InChI is InChI=1S/C8H13O5P/c1-4-7(9)12-6-5-8(10)13-14(2,3)11/h4H,1,5-6H2,2-3H3. The lowest BCUT2D eigenvalue weighted by molar-refractivity contribution is -0.141. The van der Waals surface area contributed by atoms with Gasteiger partial charge in [-0.1, -0.05) is 6.58 Å². The number of carbonyl (C=O) groups excluding carboxylic acids is 2. The van der Waals surface area contributed by atoms with Crippen molar-refractivity contribution in [2.24, 2.45) is 0 Å². The van der Waals surface area contributed by atoms with Crippen LogP contribution in [0.5, 0.6) is 0 Å². The molecule has 0 aromatic rings. The number of carbonyl (C=O) groups is 2. The van der Waals surface area contributed by atoms with Crippen molar-refractivity contribution in [1.82, 2.24) is 0 Å². The second kappa shape index (κ2) is 5.60. The quantitative estimate of drug-likeness (QED) is 0.395. The van der Waals surface area contributed by atoms with Gasteiger partial charge in [-0.15, -0.1) is 0 Å². The molecule has 0 aliphatic carbocycles. The van der Waals surface area contributed by atoms with E-state index < -0.39 is 19.3 Å². The van der Waals surface area contributed by atoms with Crippen LogP contribution in [0.15, 0.2) is 12.7 Å². The lowest BCUT2D eigenvalue weighted by Gasteiger charge is -2.07. The Kier molecular flexibility index (Phi) is 5.16. The average Bonchev–Trinajstić information content (AvgIpc) is 2.00. The van der Waals surface area contributed by atoms with Crippen LogP contribution in [0.2, 0.25) is 0 Å². The molecule has 0 saturated carbocycles. The molecular formula is C8H13O5P. The van der Waals surface area contributed by atoms with Gasteiger partial charge in [0.15, 0.2) is 0 Å². The minimum Gasteiger partial charge on any atom is -0.462 e. The third-order valence-corrected chi connectivity index (χ3v) is 1.68. The van der Waals surface area contributed by atoms with Crippen LogP contribution in [-0.2, 0) is 23.4 Å². The van der Waals surface area contributed by atoms with E-state index in [9.17, 15) is 14.2 Å². The van der Waals surface area contributed by atoms with Gasteiger partial charge in [0.1, 0.15) is 6.61 Å². The maximum atomic E-state index is 11.0. The van der Waals surface area contributed by atoms with Gasteiger partial charge >= 0.3 is 11.9 Å². The Balaban J connectivity index is 3.71. The molecule has 0 amide bonds. The van der Waals surface area contributed by atoms with Crippen molar-refractivity contribution in [1.29, 1.82) is 0 Å². The number of esters is 1. The maximum Gasteiger partial charge on any atom is 0.330 e. The van der Waals surface area contributed by atoms with Crippen LogP contribution in [-0.4, -0.2) is 31.9 Å². The van der Waals surface area contributed by atoms with E-state index in [-0.39, 0.29) is 13.0 Å². The van der Waals surface area contributed by atoms with Gasteiger partial charge in [-0.05, 0) is 0 Å². The molecule has 0 saturated heterocycles. The Labute approximate surface area is 82.5 Å². The summed E-state index contributed by atoms with van der Waals surface area (Å²) < 4.78 is 20.1. The average molecular weight is 220 g/mol. The van der Waals surface area contributed by atoms with Crippen LogP contribution in [0, 0.1) is 0 Å². The predicted octanol–water partition coefficient (Wildman–Crippen LogP) is 1.19. The van der Waals surface area contributed by atoms with Crippen molar-refractivity contribution in [2.45, 2.75) is 6.42 Å². The fraction of sp³-hybridized carbons (Fsp3) is 0.500. The minimum absolute atomic E-state index is 0.0936. The van der Waals surface area contributed by atoms with Crippen LogP contribution < -0.4 is 0 Å². The van der Waals surface area contributed by atoms with Crippen molar-refractivity contribution in [3.05, 3.63) is 12.7 Å². The molecular weight excluding hydrogens is 207 g/mol. The van der Waals surface area contributed by atoms with Gasteiger partial charge in [0.05, 0.1) is 6.42 Å². The number of rotatable bonds is 5. The molecule has 0 aromatic heterocycles. The summed E-state index contributed by atoms with van der Waals surface area (Å²) in [5.74, 6) is -1.25. The summed E-state index contributed by atoms with van der Waals surface area (Å²) in [6.07, 6.45) is 0.890. The molecule has 0 bridgehead atoms. The molecule has 5 nitrogen and oxygen atoms in total. The van der Waals surface area contributed by atoms with E-state index in [0.29, 0.717) is 0 Å². The number of hydrogen-bond acceptors (Lipinski definition) is 5. The highest BCUT2D eigenvalue weighted by Crippen LogP contribution is 2.37. The molecule has 0 radical (unpaired) electrons. The highest BCUT2D eigenvalue weighted by atomic mass is 31.2. The van der Waals surface area contributed by atoms with Crippen LogP contribution in [0.4, 0.5) is 0 Å². The molecule has 0 spiro atoms. The summed E-state index contributed by atoms with van der Waals surface area (Å²) in [7, 11) is -2.80. The largest absolute Gasteiger partial charge is 0.462 e. The van der Waals surface area contributed by atoms with E-state index in [1.165, 1.54) is 13.3 Å². The van der Waals surface area contributed by atoms with Gasteiger partial charge < -0.3 is 9.26 Å². The van der Waals surface area contributed by atoms with Gasteiger partial charge in [-0.2, -0.15) is 0 Å². The maximum absolute atomic E-state index is 11.0. The Morgan fingerprint density at radius 2 is 2.00 bits per heavy atom. The predicted molar refractivity (Wildman–Crippen MR) is 51.3 cm³/mol. The summed E-state index contributed by atoms with van der Waals surface area (Å²) >= 11 is 0. The second-order valence-electron chi connectivity index (χ2n) is 2.84. The molecule has 0 aliphatic heterocycles. The Bertz CT molecular complexity index is 277. The molecule has 6 heteroatoms. The Morgan fingerprint density at radius 3 is 2.43 bits per heavy atom. The van der Waals surface area contributed by atoms with Gasteiger partial charge in [0, 0.05) is 19.4 Å². The third-order valence-electron chi connectivity index (χ3n) is 1.04. The summed E-state index contributed by atoms with van der Waals surface area (Å²) in [6, 6.07) is 0. The molecule has 0 fully saturated rings. The van der Waals surface area contributed by atoms with E-state index in [1.807, 2.05) is 0 Å². The van der Waals surface area contributed by atoms with Gasteiger partial charge in [-0.3, -0.25) is 9.36 Å². The van der Waals surface area contributed by atoms with Gasteiger partial charge in [0.25, 0.3) is 0 Å². The van der Waals surface area contributed by atoms with Gasteiger partial charge in [-0.25, -0.2) is 4.79 Å². The van der Waals surface area contributed by atoms with Crippen molar-refractivity contribution in [3.8, 4) is 0 Å². The molecule has 0 aliphatic rings. The van der Waals surface area contributed by atoms with Crippen LogP contribution in [0.3, 0.4) is 0 Å². The zero-order chi connectivity index (χ0) is 11.2. The van der Waals surface area contributed by atoms with E-state index in [2.05, 4.69) is 15.8 Å². The molecule has 14 heavy (non-hydrogen) atoms. The zero-order valence-electron chi connectivity index (χ0n) is 8.19. The molecule has 0 atom stereocenters. The lowest BCUT2D eigenvalue weighted by Crippen LogP contribution is -2.09. The monoisotopic (exact) mass is 220 g/mol. The molecule has 0 N–H and O–H groups in total. The van der Waals surface area contributed by atoms with Crippen LogP contribution in [0.25, 0.3) is 0 Å². The van der Waals surface area contributed by atoms with E-state index in [1.54, 1.807) is 0 Å². The molecule has 80 valence electrons. The highest BCUT2D eigenvalue weighted by molar-refractivity contribution is 7.57. The van der Waals surface area contributed by atoms with E-state index in [4.69, 9.17) is 0 Å². The molecule has 0 unspecified atom stereocenters. The first kappa shape index (κ1) is 12.9. The van der Waals surface area contributed by atoms with Crippen molar-refractivity contribution >= 4 is 19.3 Å². The Morgan fingerprint density at radius 1 is 1.43 bits per heavy atom. The normalized spacial score (nSPS) is 10.4. The zero-order valence-corrected chi connectivity index (χ0v) is 9.08.